The summed E-state index contributed by atoms with van der Waals surface area (Å²) in [5, 5.41) is 9.84. The minimum Gasteiger partial charge on any atom is -0.396 e. The van der Waals surface area contributed by atoms with Gasteiger partial charge in [0.1, 0.15) is 0 Å². The van der Waals surface area contributed by atoms with Crippen LogP contribution in [0.5, 0.6) is 0 Å². The van der Waals surface area contributed by atoms with Gasteiger partial charge in [-0.2, -0.15) is 0 Å². The van der Waals surface area contributed by atoms with Crippen molar-refractivity contribution >= 4 is 17.5 Å². The monoisotopic (exact) mass is 282 g/mol. The van der Waals surface area contributed by atoms with Gasteiger partial charge in [-0.1, -0.05) is 11.6 Å². The number of nitrogens with zero attached hydrogens (tertiary/aromatic N) is 4. The summed E-state index contributed by atoms with van der Waals surface area (Å²) in [4.78, 5) is 13.3. The van der Waals surface area contributed by atoms with E-state index < -0.39 is 0 Å². The van der Waals surface area contributed by atoms with E-state index in [2.05, 4.69) is 19.8 Å². The Bertz CT molecular complexity index is 427. The molecule has 0 aromatic carbocycles. The summed E-state index contributed by atoms with van der Waals surface area (Å²) in [5.41, 5.74) is 0. The van der Waals surface area contributed by atoms with Crippen molar-refractivity contribution in [2.24, 2.45) is 5.92 Å². The average molecular weight is 283 g/mol. The van der Waals surface area contributed by atoms with Gasteiger partial charge in [0, 0.05) is 38.8 Å². The summed E-state index contributed by atoms with van der Waals surface area (Å²) in [6, 6.07) is 0.566. The lowest BCUT2D eigenvalue weighted by molar-refractivity contribution is 0.0670. The second kappa shape index (κ2) is 5.61. The SMILES string of the molecule is OC[C@@H]1CC[C@H]2CN(c3ncc(Cl)cn3)CCN2C1. The first-order chi connectivity index (χ1) is 9.26. The second-order valence-corrected chi connectivity index (χ2v) is 5.86. The molecular formula is C13H19ClN4O. The molecule has 2 fully saturated rings. The highest BCUT2D eigenvalue weighted by Crippen LogP contribution is 2.26. The molecule has 6 heteroatoms. The molecule has 2 atom stereocenters. The third-order valence-corrected chi connectivity index (χ3v) is 4.35. The van der Waals surface area contributed by atoms with Crippen LogP contribution in [0, 0.1) is 5.92 Å². The van der Waals surface area contributed by atoms with Gasteiger partial charge in [0.2, 0.25) is 5.95 Å². The van der Waals surface area contributed by atoms with Crippen LogP contribution >= 0.6 is 11.6 Å². The summed E-state index contributed by atoms with van der Waals surface area (Å²) in [5.74, 6) is 1.22. The summed E-state index contributed by atoms with van der Waals surface area (Å²) >= 11 is 5.82. The number of aliphatic hydroxyl groups is 1. The van der Waals surface area contributed by atoms with Gasteiger partial charge in [-0.25, -0.2) is 9.97 Å². The van der Waals surface area contributed by atoms with Crippen molar-refractivity contribution in [3.63, 3.8) is 0 Å². The minimum atomic E-state index is 0.313. The first-order valence-corrected chi connectivity index (χ1v) is 7.21. The van der Waals surface area contributed by atoms with Crippen molar-refractivity contribution in [2.45, 2.75) is 18.9 Å². The Morgan fingerprint density at radius 2 is 2.00 bits per heavy atom. The number of hydrogen-bond donors (Lipinski definition) is 1. The molecule has 2 aliphatic rings. The lowest BCUT2D eigenvalue weighted by Crippen LogP contribution is -2.57. The smallest absolute Gasteiger partial charge is 0.225 e. The maximum atomic E-state index is 9.27. The fourth-order valence-corrected chi connectivity index (χ4v) is 3.16. The molecule has 0 amide bonds. The summed E-state index contributed by atoms with van der Waals surface area (Å²) in [7, 11) is 0. The Labute approximate surface area is 118 Å². The predicted molar refractivity (Wildman–Crippen MR) is 74.4 cm³/mol. The third kappa shape index (κ3) is 2.83. The third-order valence-electron chi connectivity index (χ3n) is 4.15. The van der Waals surface area contributed by atoms with Crippen LogP contribution in [-0.2, 0) is 0 Å². The number of fused-ring (bicyclic) bond motifs is 1. The molecule has 2 saturated heterocycles. The van der Waals surface area contributed by atoms with Gasteiger partial charge >= 0.3 is 0 Å². The number of hydrogen-bond acceptors (Lipinski definition) is 5. The normalized spacial score (nSPS) is 28.2. The fourth-order valence-electron chi connectivity index (χ4n) is 3.06. The molecule has 0 unspecified atom stereocenters. The number of halogens is 1. The van der Waals surface area contributed by atoms with Crippen LogP contribution in [0.25, 0.3) is 0 Å². The molecule has 3 heterocycles. The van der Waals surface area contributed by atoms with E-state index in [9.17, 15) is 5.11 Å². The Kier molecular flexibility index (Phi) is 3.86. The number of aliphatic hydroxyl groups excluding tert-OH is 1. The van der Waals surface area contributed by atoms with E-state index in [1.54, 1.807) is 12.4 Å². The lowest BCUT2D eigenvalue weighted by atomic mass is 9.92. The van der Waals surface area contributed by atoms with Crippen molar-refractivity contribution in [1.29, 1.82) is 0 Å². The topological polar surface area (TPSA) is 52.5 Å². The van der Waals surface area contributed by atoms with Gasteiger partial charge < -0.3 is 10.0 Å². The molecule has 1 aromatic rings. The number of aromatic nitrogens is 2. The van der Waals surface area contributed by atoms with Gasteiger partial charge in [0.15, 0.2) is 0 Å². The summed E-state index contributed by atoms with van der Waals surface area (Å²) in [6.07, 6.45) is 5.57. The zero-order valence-electron chi connectivity index (χ0n) is 10.9. The first-order valence-electron chi connectivity index (χ1n) is 6.83. The molecule has 0 aliphatic carbocycles. The van der Waals surface area contributed by atoms with Crippen LogP contribution in [0.1, 0.15) is 12.8 Å². The lowest BCUT2D eigenvalue weighted by Gasteiger charge is -2.46. The maximum absolute atomic E-state index is 9.27. The molecule has 0 bridgehead atoms. The molecular weight excluding hydrogens is 264 g/mol. The van der Waals surface area contributed by atoms with Crippen LogP contribution < -0.4 is 4.90 Å². The van der Waals surface area contributed by atoms with Gasteiger partial charge in [-0.05, 0) is 18.8 Å². The van der Waals surface area contributed by atoms with Gasteiger partial charge in [0.05, 0.1) is 17.4 Å². The van der Waals surface area contributed by atoms with Crippen LogP contribution in [-0.4, -0.2) is 58.8 Å². The molecule has 1 N–H and O–H groups in total. The maximum Gasteiger partial charge on any atom is 0.225 e. The van der Waals surface area contributed by atoms with E-state index in [0.717, 1.165) is 45.0 Å². The van der Waals surface area contributed by atoms with E-state index in [1.807, 2.05) is 0 Å². The molecule has 3 rings (SSSR count). The summed E-state index contributed by atoms with van der Waals surface area (Å²) < 4.78 is 0. The quantitative estimate of drug-likeness (QED) is 0.878. The number of anilines is 1. The molecule has 0 radical (unpaired) electrons. The zero-order chi connectivity index (χ0) is 13.2. The molecule has 5 nitrogen and oxygen atoms in total. The van der Waals surface area contributed by atoms with Crippen molar-refractivity contribution in [2.75, 3.05) is 37.7 Å². The molecule has 0 saturated carbocycles. The van der Waals surface area contributed by atoms with Crippen molar-refractivity contribution < 1.29 is 5.11 Å². The Hall–Kier alpha value is -0.910. The zero-order valence-corrected chi connectivity index (χ0v) is 11.6. The van der Waals surface area contributed by atoms with E-state index in [0.29, 0.717) is 23.6 Å². The molecule has 0 spiro atoms. The molecule has 2 aliphatic heterocycles. The first kappa shape index (κ1) is 13.1. The summed E-state index contributed by atoms with van der Waals surface area (Å²) in [6.45, 7) is 4.27. The highest BCUT2D eigenvalue weighted by molar-refractivity contribution is 6.30. The van der Waals surface area contributed by atoms with Crippen molar-refractivity contribution in [3.05, 3.63) is 17.4 Å². The highest BCUT2D eigenvalue weighted by atomic mass is 35.5. The van der Waals surface area contributed by atoms with Crippen molar-refractivity contribution in [1.82, 2.24) is 14.9 Å². The predicted octanol–water partition coefficient (Wildman–Crippen LogP) is 1.02. The highest BCUT2D eigenvalue weighted by Gasteiger charge is 2.33. The second-order valence-electron chi connectivity index (χ2n) is 5.42. The van der Waals surface area contributed by atoms with E-state index in [-0.39, 0.29) is 0 Å². The standard InChI is InChI=1S/C13H19ClN4O/c14-11-5-15-13(16-6-11)18-4-3-17-7-10(9-19)1-2-12(17)8-18/h5-6,10,12,19H,1-4,7-9H2/t10-,12+/m1/s1. The number of rotatable bonds is 2. The molecule has 19 heavy (non-hydrogen) atoms. The Morgan fingerprint density at radius 3 is 2.74 bits per heavy atom. The van der Waals surface area contributed by atoms with Crippen LogP contribution in [0.2, 0.25) is 5.02 Å². The number of piperazine rings is 1. The molecule has 1 aromatic heterocycles. The van der Waals surface area contributed by atoms with Gasteiger partial charge in [0.25, 0.3) is 0 Å². The molecule has 104 valence electrons. The average Bonchev–Trinajstić information content (AvgIpc) is 2.47. The van der Waals surface area contributed by atoms with Crippen LogP contribution in [0.4, 0.5) is 5.95 Å². The fraction of sp³-hybridized carbons (Fsp3) is 0.692. The Balaban J connectivity index is 1.65. The van der Waals surface area contributed by atoms with Crippen molar-refractivity contribution in [3.8, 4) is 0 Å². The largest absolute Gasteiger partial charge is 0.396 e. The number of piperidine rings is 1. The van der Waals surface area contributed by atoms with E-state index in [4.69, 9.17) is 11.6 Å². The van der Waals surface area contributed by atoms with Crippen LogP contribution in [0.3, 0.4) is 0 Å². The van der Waals surface area contributed by atoms with Crippen LogP contribution in [0.15, 0.2) is 12.4 Å². The minimum absolute atomic E-state index is 0.313. The van der Waals surface area contributed by atoms with E-state index in [1.165, 1.54) is 0 Å². The Morgan fingerprint density at radius 1 is 1.21 bits per heavy atom. The van der Waals surface area contributed by atoms with Gasteiger partial charge in [-0.3, -0.25) is 4.90 Å². The van der Waals surface area contributed by atoms with E-state index >= 15 is 0 Å². The van der Waals surface area contributed by atoms with Gasteiger partial charge in [-0.15, -0.1) is 0 Å².